The van der Waals surface area contributed by atoms with Crippen molar-refractivity contribution in [2.45, 2.75) is 52.2 Å². The summed E-state index contributed by atoms with van der Waals surface area (Å²) < 4.78 is 80.0. The van der Waals surface area contributed by atoms with Gasteiger partial charge in [0.15, 0.2) is 0 Å². The molecule has 13 heteroatoms. The molecule has 2 aromatic carbocycles. The topological polar surface area (TPSA) is 69.6 Å². The van der Waals surface area contributed by atoms with E-state index in [1.807, 2.05) is 6.92 Å². The Labute approximate surface area is 242 Å². The molecule has 224 valence electrons. The summed E-state index contributed by atoms with van der Waals surface area (Å²) in [7, 11) is 0. The number of pyridine rings is 1. The number of aromatic nitrogens is 1. The van der Waals surface area contributed by atoms with Crippen molar-refractivity contribution in [3.8, 4) is 28.7 Å². The largest absolute Gasteiger partial charge is 0.573 e. The Morgan fingerprint density at radius 3 is 2.17 bits per heavy atom. The van der Waals surface area contributed by atoms with E-state index in [4.69, 9.17) is 11.6 Å². The molecule has 0 bridgehead atoms. The van der Waals surface area contributed by atoms with Crippen LogP contribution in [0.3, 0.4) is 0 Å². The Morgan fingerprint density at radius 1 is 1.00 bits per heavy atom. The highest BCUT2D eigenvalue weighted by Gasteiger charge is 2.42. The third-order valence-corrected chi connectivity index (χ3v) is 6.50. The molecule has 0 aliphatic heterocycles. The molecule has 3 rings (SSSR count). The molecule has 42 heavy (non-hydrogen) atoms. The number of hydrogen-bond acceptors (Lipinski definition) is 5. The molecule has 0 spiro atoms. The maximum Gasteiger partial charge on any atom is 0.573 e. The molecule has 0 fully saturated rings. The van der Waals surface area contributed by atoms with Crippen LogP contribution in [0.15, 0.2) is 53.3 Å². The molecule has 0 saturated carbocycles. The number of halogens is 7. The lowest BCUT2D eigenvalue weighted by Gasteiger charge is -2.18. The van der Waals surface area contributed by atoms with Gasteiger partial charge in [0.25, 0.3) is 0 Å². The molecule has 1 heterocycles. The summed E-state index contributed by atoms with van der Waals surface area (Å²) in [4.78, 5) is 28.7. The van der Waals surface area contributed by atoms with E-state index < -0.39 is 29.0 Å². The number of benzene rings is 2. The van der Waals surface area contributed by atoms with Crippen LogP contribution in [-0.4, -0.2) is 29.8 Å². The molecule has 0 radical (unpaired) electrons. The van der Waals surface area contributed by atoms with Crippen molar-refractivity contribution >= 4 is 17.6 Å². The van der Waals surface area contributed by atoms with E-state index in [2.05, 4.69) is 26.7 Å². The summed E-state index contributed by atoms with van der Waals surface area (Å²) >= 11 is 6.06. The van der Waals surface area contributed by atoms with Gasteiger partial charge in [-0.05, 0) is 55.7 Å². The number of ether oxygens (including phenoxy) is 1. The summed E-state index contributed by atoms with van der Waals surface area (Å²) in [6.45, 7) is 4.81. The smallest absolute Gasteiger partial charge is 0.406 e. The minimum absolute atomic E-state index is 0.0455. The predicted octanol–water partition coefficient (Wildman–Crippen LogP) is 6.68. The first-order chi connectivity index (χ1) is 19.6. The van der Waals surface area contributed by atoms with Gasteiger partial charge in [0.1, 0.15) is 10.8 Å². The molecule has 6 nitrogen and oxygen atoms in total. The van der Waals surface area contributed by atoms with Crippen LogP contribution in [0, 0.1) is 25.7 Å². The molecule has 1 N–H and O–H groups in total. The monoisotopic (exact) mass is 614 g/mol. The van der Waals surface area contributed by atoms with Crippen LogP contribution in [0.2, 0.25) is 5.02 Å². The third kappa shape index (κ3) is 8.30. The molecule has 1 atom stereocenters. The fraction of sp³-hybridized carbons (Fsp3) is 0.310. The Balaban J connectivity index is 1.75. The quantitative estimate of drug-likeness (QED) is 0.226. The summed E-state index contributed by atoms with van der Waals surface area (Å²) in [5.74, 6) is 3.13. The molecule has 3 aromatic rings. The first kappa shape index (κ1) is 32.6. The van der Waals surface area contributed by atoms with Crippen molar-refractivity contribution in [2.75, 3.05) is 6.54 Å². The first-order valence-corrected chi connectivity index (χ1v) is 12.9. The summed E-state index contributed by atoms with van der Waals surface area (Å²) in [5.41, 5.74) is 0.757. The average molecular weight is 615 g/mol. The van der Waals surface area contributed by atoms with E-state index in [1.165, 1.54) is 38.1 Å². The van der Waals surface area contributed by atoms with Gasteiger partial charge in [-0.25, -0.2) is 4.79 Å². The summed E-state index contributed by atoms with van der Waals surface area (Å²) in [5, 5.41) is 2.86. The number of rotatable bonds is 8. The van der Waals surface area contributed by atoms with Gasteiger partial charge in [-0.2, -0.15) is 17.9 Å². The Bertz CT molecular complexity index is 1540. The predicted molar refractivity (Wildman–Crippen MR) is 144 cm³/mol. The van der Waals surface area contributed by atoms with Crippen molar-refractivity contribution in [3.05, 3.63) is 86.3 Å². The standard InChI is InChI=1S/C29H25ClF6N2O4/c1-4-6-23(20-12-14-22(15-13-20)41-29(34,35)36)37-16-5-7-19-8-10-21(11-9-19)24-17(2)38(18(3)25(30)26(24)39)42-27(40)28(31,32)33/h8-15,23,37H,4,6,16H2,1-3H3. The van der Waals surface area contributed by atoms with Crippen LogP contribution >= 0.6 is 11.6 Å². The molecule has 0 aliphatic carbocycles. The second-order valence-electron chi connectivity index (χ2n) is 9.08. The molecule has 0 amide bonds. The number of nitrogens with one attached hydrogen (secondary N) is 1. The van der Waals surface area contributed by atoms with Crippen LogP contribution in [-0.2, 0) is 4.79 Å². The minimum Gasteiger partial charge on any atom is -0.406 e. The lowest BCUT2D eigenvalue weighted by atomic mass is 10.0. The maximum atomic E-state index is 12.9. The van der Waals surface area contributed by atoms with Crippen LogP contribution in [0.1, 0.15) is 48.3 Å². The van der Waals surface area contributed by atoms with E-state index in [0.717, 1.165) is 12.0 Å². The van der Waals surface area contributed by atoms with Gasteiger partial charge in [0.05, 0.1) is 23.5 Å². The van der Waals surface area contributed by atoms with Crippen molar-refractivity contribution < 1.29 is 40.7 Å². The Kier molecular flexibility index (Phi) is 10.4. The van der Waals surface area contributed by atoms with Gasteiger partial charge in [0, 0.05) is 11.6 Å². The maximum absolute atomic E-state index is 12.9. The lowest BCUT2D eigenvalue weighted by Crippen LogP contribution is -2.36. The molecule has 0 saturated heterocycles. The number of carbonyl (C=O) groups excluding carboxylic acids is 1. The second kappa shape index (κ2) is 13.4. The SMILES string of the molecule is CCCC(NCC#Cc1ccc(-c2c(C)n(OC(=O)C(F)(F)F)c(C)c(Cl)c2=O)cc1)c1ccc(OC(F)(F)F)cc1. The van der Waals surface area contributed by atoms with Gasteiger partial charge in [-0.3, -0.25) is 10.1 Å². The zero-order valence-corrected chi connectivity index (χ0v) is 23.3. The van der Waals surface area contributed by atoms with E-state index in [0.29, 0.717) is 22.3 Å². The molecule has 0 aliphatic rings. The number of nitrogens with zero attached hydrogens (tertiary/aromatic N) is 1. The van der Waals surface area contributed by atoms with Crippen molar-refractivity contribution in [3.63, 3.8) is 0 Å². The molecular formula is C29H25ClF6N2O4. The number of alkyl halides is 6. The highest BCUT2D eigenvalue weighted by molar-refractivity contribution is 6.31. The van der Waals surface area contributed by atoms with Crippen molar-refractivity contribution in [1.29, 1.82) is 0 Å². The van der Waals surface area contributed by atoms with Crippen LogP contribution in [0.5, 0.6) is 5.75 Å². The molecule has 1 aromatic heterocycles. The van der Waals surface area contributed by atoms with E-state index in [-0.39, 0.29) is 35.3 Å². The fourth-order valence-electron chi connectivity index (χ4n) is 4.11. The van der Waals surface area contributed by atoms with Gasteiger partial charge >= 0.3 is 18.5 Å². The summed E-state index contributed by atoms with van der Waals surface area (Å²) in [6.07, 6.45) is -8.50. The van der Waals surface area contributed by atoms with E-state index in [1.54, 1.807) is 24.3 Å². The normalized spacial score (nSPS) is 12.3. The molecular weight excluding hydrogens is 590 g/mol. The van der Waals surface area contributed by atoms with Gasteiger partial charge in [-0.15, -0.1) is 13.2 Å². The van der Waals surface area contributed by atoms with Gasteiger partial charge in [-0.1, -0.05) is 61.1 Å². The fourth-order valence-corrected chi connectivity index (χ4v) is 4.28. The van der Waals surface area contributed by atoms with E-state index in [9.17, 15) is 35.9 Å². The number of carbonyl (C=O) groups is 1. The Morgan fingerprint density at radius 2 is 1.62 bits per heavy atom. The van der Waals surface area contributed by atoms with Crippen molar-refractivity contribution in [2.24, 2.45) is 0 Å². The highest BCUT2D eigenvalue weighted by atomic mass is 35.5. The van der Waals surface area contributed by atoms with Crippen LogP contribution in [0.25, 0.3) is 11.1 Å². The third-order valence-electron chi connectivity index (χ3n) is 6.06. The minimum atomic E-state index is -5.25. The molecule has 1 unspecified atom stereocenters. The first-order valence-electron chi connectivity index (χ1n) is 12.5. The average Bonchev–Trinajstić information content (AvgIpc) is 2.91. The van der Waals surface area contributed by atoms with E-state index >= 15 is 0 Å². The van der Waals surface area contributed by atoms with Gasteiger partial charge in [0.2, 0.25) is 5.43 Å². The van der Waals surface area contributed by atoms with Gasteiger partial charge < -0.3 is 9.57 Å². The lowest BCUT2D eigenvalue weighted by molar-refractivity contribution is -0.274. The zero-order valence-electron chi connectivity index (χ0n) is 22.5. The zero-order chi connectivity index (χ0) is 31.2. The Hall–Kier alpha value is -3.95. The highest BCUT2D eigenvalue weighted by Crippen LogP contribution is 2.27. The van der Waals surface area contributed by atoms with Crippen LogP contribution < -0.4 is 20.3 Å². The number of hydrogen-bond donors (Lipinski definition) is 1. The second-order valence-corrected chi connectivity index (χ2v) is 9.46. The van der Waals surface area contributed by atoms with Crippen LogP contribution in [0.4, 0.5) is 26.3 Å². The summed E-state index contributed by atoms with van der Waals surface area (Å²) in [6, 6.07) is 11.7. The van der Waals surface area contributed by atoms with Crippen molar-refractivity contribution in [1.82, 2.24) is 10.0 Å².